The number of carbonyl (C=O) groups excluding carboxylic acids is 2. The summed E-state index contributed by atoms with van der Waals surface area (Å²) in [6.07, 6.45) is 0. The van der Waals surface area contributed by atoms with Gasteiger partial charge in [-0.15, -0.1) is 0 Å². The van der Waals surface area contributed by atoms with E-state index in [9.17, 15) is 9.59 Å². The van der Waals surface area contributed by atoms with Crippen LogP contribution in [0.4, 0.5) is 5.69 Å². The van der Waals surface area contributed by atoms with Crippen LogP contribution in [-0.4, -0.2) is 11.9 Å². The van der Waals surface area contributed by atoms with Crippen molar-refractivity contribution < 1.29 is 14.3 Å². The molecule has 2 rings (SSSR count). The van der Waals surface area contributed by atoms with Gasteiger partial charge in [-0.05, 0) is 26.0 Å². The zero-order chi connectivity index (χ0) is 16.3. The first kappa shape index (κ1) is 15.5. The molecular formula is C18H17NO3. The number of benzene rings is 2. The number of anilines is 1. The molecule has 0 heterocycles. The highest BCUT2D eigenvalue weighted by molar-refractivity contribution is 6.09. The number of carbonyl (C=O) groups is 2. The van der Waals surface area contributed by atoms with E-state index in [0.29, 0.717) is 22.6 Å². The molecule has 0 aliphatic heterocycles. The average Bonchev–Trinajstić information content (AvgIpc) is 2.47. The number of amides is 1. The first-order chi connectivity index (χ1) is 10.4. The van der Waals surface area contributed by atoms with Crippen molar-refractivity contribution in [2.75, 3.05) is 5.32 Å². The monoisotopic (exact) mass is 295 g/mol. The normalized spacial score (nSPS) is 10.1. The van der Waals surface area contributed by atoms with Crippen molar-refractivity contribution in [3.8, 4) is 5.75 Å². The molecule has 1 N–H and O–H groups in total. The zero-order valence-corrected chi connectivity index (χ0v) is 12.6. The molecule has 0 spiro atoms. The first-order valence-electron chi connectivity index (χ1n) is 6.76. The van der Waals surface area contributed by atoms with Crippen molar-refractivity contribution in [3.63, 3.8) is 0 Å². The maximum absolute atomic E-state index is 11.8. The molecule has 2 aromatic carbocycles. The molecule has 0 aliphatic rings. The number of ether oxygens (including phenoxy) is 1. The van der Waals surface area contributed by atoms with Crippen LogP contribution in [0.5, 0.6) is 5.75 Å². The van der Waals surface area contributed by atoms with E-state index in [2.05, 4.69) is 18.5 Å². The van der Waals surface area contributed by atoms with Crippen LogP contribution in [-0.2, 0) is 9.59 Å². The first-order valence-corrected chi connectivity index (χ1v) is 6.76. The van der Waals surface area contributed by atoms with E-state index in [1.165, 1.54) is 0 Å². The summed E-state index contributed by atoms with van der Waals surface area (Å²) in [5.74, 6) is -0.308. The molecular weight excluding hydrogens is 278 g/mol. The van der Waals surface area contributed by atoms with Gasteiger partial charge in [0.15, 0.2) is 0 Å². The molecule has 0 bridgehead atoms. The third kappa shape index (κ3) is 3.23. The molecule has 112 valence electrons. The predicted molar refractivity (Wildman–Crippen MR) is 87.8 cm³/mol. The minimum absolute atomic E-state index is 0.253. The average molecular weight is 295 g/mol. The maximum atomic E-state index is 11.8. The largest absolute Gasteiger partial charge is 0.423 e. The second-order valence-corrected chi connectivity index (χ2v) is 5.06. The van der Waals surface area contributed by atoms with Crippen LogP contribution >= 0.6 is 0 Å². The van der Waals surface area contributed by atoms with E-state index in [1.807, 2.05) is 12.1 Å². The summed E-state index contributed by atoms with van der Waals surface area (Å²) in [5, 5.41) is 4.31. The standard InChI is InChI=1S/C18H17NO3/c1-11(2)17(20)19-15-9-5-8-14-13(15)7-6-10-16(14)22-18(21)12(3)4/h5-10H,1,3H2,2,4H3,(H,19,20). The van der Waals surface area contributed by atoms with E-state index in [-0.39, 0.29) is 5.91 Å². The molecule has 4 nitrogen and oxygen atoms in total. The second-order valence-electron chi connectivity index (χ2n) is 5.06. The molecule has 22 heavy (non-hydrogen) atoms. The van der Waals surface area contributed by atoms with Crippen molar-refractivity contribution in [1.82, 2.24) is 0 Å². The lowest BCUT2D eigenvalue weighted by Gasteiger charge is -2.11. The van der Waals surface area contributed by atoms with Crippen molar-refractivity contribution in [2.45, 2.75) is 13.8 Å². The molecule has 0 saturated heterocycles. The fraction of sp³-hybridized carbons (Fsp3) is 0.111. The van der Waals surface area contributed by atoms with Gasteiger partial charge in [0.2, 0.25) is 0 Å². The van der Waals surface area contributed by atoms with Gasteiger partial charge in [-0.2, -0.15) is 0 Å². The highest BCUT2D eigenvalue weighted by Crippen LogP contribution is 2.31. The number of nitrogens with one attached hydrogen (secondary N) is 1. The van der Waals surface area contributed by atoms with Crippen LogP contribution in [0.15, 0.2) is 60.7 Å². The third-order valence-corrected chi connectivity index (χ3v) is 3.07. The summed E-state index contributed by atoms with van der Waals surface area (Å²) in [6, 6.07) is 10.7. The van der Waals surface area contributed by atoms with Gasteiger partial charge in [0, 0.05) is 27.6 Å². The Morgan fingerprint density at radius 2 is 1.59 bits per heavy atom. The minimum Gasteiger partial charge on any atom is -0.423 e. The second kappa shape index (κ2) is 6.26. The molecule has 0 fully saturated rings. The van der Waals surface area contributed by atoms with Gasteiger partial charge >= 0.3 is 5.97 Å². The Labute approximate surface area is 129 Å². The summed E-state index contributed by atoms with van der Waals surface area (Å²) in [5.41, 5.74) is 1.38. The fourth-order valence-electron chi connectivity index (χ4n) is 1.90. The summed E-state index contributed by atoms with van der Waals surface area (Å²) in [7, 11) is 0. The van der Waals surface area contributed by atoms with E-state index in [1.54, 1.807) is 38.1 Å². The molecule has 0 radical (unpaired) electrons. The number of hydrogen-bond acceptors (Lipinski definition) is 3. The molecule has 1 amide bonds. The number of hydrogen-bond donors (Lipinski definition) is 1. The summed E-state index contributed by atoms with van der Waals surface area (Å²) >= 11 is 0. The van der Waals surface area contributed by atoms with E-state index >= 15 is 0 Å². The Bertz CT molecular complexity index is 723. The van der Waals surface area contributed by atoms with Gasteiger partial charge in [-0.3, -0.25) is 4.79 Å². The van der Waals surface area contributed by atoms with Gasteiger partial charge in [-0.25, -0.2) is 4.79 Å². The number of esters is 1. The number of rotatable bonds is 4. The van der Waals surface area contributed by atoms with Crippen LogP contribution in [0, 0.1) is 0 Å². The topological polar surface area (TPSA) is 55.4 Å². The lowest BCUT2D eigenvalue weighted by Crippen LogP contribution is -2.12. The van der Waals surface area contributed by atoms with Crippen molar-refractivity contribution in [2.24, 2.45) is 0 Å². The molecule has 0 aromatic heterocycles. The molecule has 2 aromatic rings. The quantitative estimate of drug-likeness (QED) is 0.530. The van der Waals surface area contributed by atoms with Crippen LogP contribution in [0.2, 0.25) is 0 Å². The van der Waals surface area contributed by atoms with E-state index in [0.717, 1.165) is 10.8 Å². The van der Waals surface area contributed by atoms with Crippen LogP contribution in [0.25, 0.3) is 10.8 Å². The highest BCUT2D eigenvalue weighted by atomic mass is 16.5. The minimum atomic E-state index is -0.483. The molecule has 0 unspecified atom stereocenters. The molecule has 0 aliphatic carbocycles. The van der Waals surface area contributed by atoms with E-state index < -0.39 is 5.97 Å². The maximum Gasteiger partial charge on any atom is 0.338 e. The van der Waals surface area contributed by atoms with Crippen LogP contribution in [0.3, 0.4) is 0 Å². The Hall–Kier alpha value is -2.88. The summed E-state index contributed by atoms with van der Waals surface area (Å²) in [6.45, 7) is 10.4. The van der Waals surface area contributed by atoms with Crippen LogP contribution in [0.1, 0.15) is 13.8 Å². The fourth-order valence-corrected chi connectivity index (χ4v) is 1.90. The highest BCUT2D eigenvalue weighted by Gasteiger charge is 2.11. The lowest BCUT2D eigenvalue weighted by molar-refractivity contribution is -0.130. The Kier molecular flexibility index (Phi) is 4.41. The van der Waals surface area contributed by atoms with Gasteiger partial charge in [0.05, 0.1) is 0 Å². The van der Waals surface area contributed by atoms with Gasteiger partial charge < -0.3 is 10.1 Å². The van der Waals surface area contributed by atoms with Gasteiger partial charge in [0.25, 0.3) is 5.91 Å². The number of fused-ring (bicyclic) bond motifs is 1. The van der Waals surface area contributed by atoms with Crippen molar-refractivity contribution in [3.05, 3.63) is 60.7 Å². The Balaban J connectivity index is 2.46. The summed E-state index contributed by atoms with van der Waals surface area (Å²) < 4.78 is 5.33. The predicted octanol–water partition coefficient (Wildman–Crippen LogP) is 3.84. The van der Waals surface area contributed by atoms with Crippen molar-refractivity contribution >= 4 is 28.3 Å². The van der Waals surface area contributed by atoms with E-state index in [4.69, 9.17) is 4.74 Å². The van der Waals surface area contributed by atoms with Crippen LogP contribution < -0.4 is 10.1 Å². The Morgan fingerprint density at radius 3 is 2.23 bits per heavy atom. The summed E-state index contributed by atoms with van der Waals surface area (Å²) in [4.78, 5) is 23.5. The molecule has 0 atom stereocenters. The Morgan fingerprint density at radius 1 is 0.955 bits per heavy atom. The lowest BCUT2D eigenvalue weighted by atomic mass is 10.1. The SMILES string of the molecule is C=C(C)C(=O)Nc1cccc2c(OC(=O)C(=C)C)cccc12. The zero-order valence-electron chi connectivity index (χ0n) is 12.6. The molecule has 4 heteroatoms. The molecule has 0 saturated carbocycles. The van der Waals surface area contributed by atoms with Crippen molar-refractivity contribution in [1.29, 1.82) is 0 Å². The smallest absolute Gasteiger partial charge is 0.338 e. The van der Waals surface area contributed by atoms with Gasteiger partial charge in [-0.1, -0.05) is 37.4 Å². The van der Waals surface area contributed by atoms with Gasteiger partial charge in [0.1, 0.15) is 5.75 Å². The third-order valence-electron chi connectivity index (χ3n) is 3.07.